The highest BCUT2D eigenvalue weighted by atomic mass is 16.5. The second-order valence-corrected chi connectivity index (χ2v) is 10.7. The molecule has 5 rings (SSSR count). The highest BCUT2D eigenvalue weighted by Crippen LogP contribution is 2.26. The third-order valence-corrected chi connectivity index (χ3v) is 7.31. The number of nitrogens with one attached hydrogen (secondary N) is 3. The average molecular weight is 535 g/mol. The molecule has 9 heteroatoms. The maximum Gasteiger partial charge on any atom is 0.325 e. The van der Waals surface area contributed by atoms with Crippen LogP contribution in [0, 0.1) is 5.92 Å². The van der Waals surface area contributed by atoms with Gasteiger partial charge in [-0.25, -0.2) is 5.43 Å². The minimum atomic E-state index is -0.851. The molecule has 0 radical (unpaired) electrons. The summed E-state index contributed by atoms with van der Waals surface area (Å²) >= 11 is 0. The van der Waals surface area contributed by atoms with Gasteiger partial charge >= 0.3 is 5.97 Å². The van der Waals surface area contributed by atoms with E-state index >= 15 is 0 Å². The van der Waals surface area contributed by atoms with Gasteiger partial charge in [0.25, 0.3) is 5.91 Å². The molecular formula is C30H38N4O5. The minimum Gasteiger partial charge on any atom is -0.457 e. The minimum absolute atomic E-state index is 0.175. The van der Waals surface area contributed by atoms with E-state index in [4.69, 9.17) is 4.74 Å². The molecule has 3 aliphatic rings. The molecule has 208 valence electrons. The van der Waals surface area contributed by atoms with Crippen molar-refractivity contribution in [1.82, 2.24) is 21.1 Å². The molecule has 0 saturated carbocycles. The lowest BCUT2D eigenvalue weighted by molar-refractivity contribution is -0.157. The third-order valence-electron chi connectivity index (χ3n) is 7.31. The lowest BCUT2D eigenvalue weighted by Crippen LogP contribution is -2.61. The number of ether oxygens (including phenoxy) is 1. The van der Waals surface area contributed by atoms with Gasteiger partial charge in [-0.2, -0.15) is 0 Å². The number of carbonyl (C=O) groups excluding carboxylic acids is 4. The second-order valence-electron chi connectivity index (χ2n) is 10.7. The van der Waals surface area contributed by atoms with Crippen LogP contribution in [0.25, 0.3) is 11.1 Å². The summed E-state index contributed by atoms with van der Waals surface area (Å²) in [7, 11) is 0. The molecule has 0 aromatic heterocycles. The zero-order chi connectivity index (χ0) is 28.1. The van der Waals surface area contributed by atoms with Gasteiger partial charge in [0.05, 0.1) is 0 Å². The van der Waals surface area contributed by atoms with E-state index in [2.05, 4.69) is 16.1 Å². The molecule has 3 aliphatic heterocycles. The lowest BCUT2D eigenvalue weighted by atomic mass is 9.98. The Morgan fingerprint density at radius 3 is 2.38 bits per heavy atom. The van der Waals surface area contributed by atoms with Crippen molar-refractivity contribution >= 4 is 23.7 Å². The largest absolute Gasteiger partial charge is 0.457 e. The summed E-state index contributed by atoms with van der Waals surface area (Å²) in [5.74, 6) is -1.62. The van der Waals surface area contributed by atoms with E-state index in [1.807, 2.05) is 69.3 Å². The predicted octanol–water partition coefficient (Wildman–Crippen LogP) is 3.05. The van der Waals surface area contributed by atoms with Gasteiger partial charge < -0.3 is 15.4 Å². The molecule has 3 amide bonds. The highest BCUT2D eigenvalue weighted by molar-refractivity contribution is 5.92. The Kier molecular flexibility index (Phi) is 9.01. The van der Waals surface area contributed by atoms with Crippen LogP contribution >= 0.6 is 0 Å². The molecule has 6 bridgehead atoms. The smallest absolute Gasteiger partial charge is 0.325 e. The van der Waals surface area contributed by atoms with Gasteiger partial charge in [-0.05, 0) is 67.3 Å². The molecule has 0 unspecified atom stereocenters. The summed E-state index contributed by atoms with van der Waals surface area (Å²) in [6, 6.07) is 13.6. The SMILES string of the molecule is CC(C)[C@@H]1NC(=O)CCc2ccc(cc2)-c2cccc(c2)[C@@H](C)OC(=O)[C@@H]2CCCN(N2)C(=O)[C@@H](C)NC1=O. The van der Waals surface area contributed by atoms with E-state index in [0.717, 1.165) is 22.3 Å². The number of rotatable bonds is 1. The Balaban J connectivity index is 1.61. The third kappa shape index (κ3) is 7.03. The van der Waals surface area contributed by atoms with Crippen molar-refractivity contribution in [2.24, 2.45) is 5.92 Å². The van der Waals surface area contributed by atoms with E-state index in [-0.39, 0.29) is 24.2 Å². The van der Waals surface area contributed by atoms with E-state index in [9.17, 15) is 19.2 Å². The summed E-state index contributed by atoms with van der Waals surface area (Å²) < 4.78 is 5.80. The second kappa shape index (κ2) is 12.4. The summed E-state index contributed by atoms with van der Waals surface area (Å²) in [5, 5.41) is 6.95. The summed E-state index contributed by atoms with van der Waals surface area (Å²) in [6.07, 6.45) is 1.43. The molecule has 0 spiro atoms. The molecule has 2 aromatic rings. The summed E-state index contributed by atoms with van der Waals surface area (Å²) in [5.41, 5.74) is 6.87. The van der Waals surface area contributed by atoms with Crippen LogP contribution in [0.2, 0.25) is 0 Å². The van der Waals surface area contributed by atoms with Gasteiger partial charge in [0.15, 0.2) is 0 Å². The molecule has 3 heterocycles. The fourth-order valence-electron chi connectivity index (χ4n) is 4.91. The number of aryl methyl sites for hydroxylation is 1. The molecule has 2 aromatic carbocycles. The standard InChI is InChI=1S/C30H38N4O5/c1-18(2)27-28(36)31-19(3)29(37)34-16-6-9-25(33-34)30(38)39-20(4)23-7-5-8-24(17-23)22-13-10-21(11-14-22)12-15-26(35)32-27/h5,7-8,10-11,13-14,17-20,25,27,33H,6,9,12,15-16H2,1-4H3,(H,31,36)(H,32,35)/t19-,20-,25+,27+/m1/s1. The molecule has 3 N–H and O–H groups in total. The first kappa shape index (κ1) is 28.3. The Morgan fingerprint density at radius 1 is 0.923 bits per heavy atom. The van der Waals surface area contributed by atoms with Crippen LogP contribution in [-0.4, -0.2) is 53.4 Å². The van der Waals surface area contributed by atoms with Gasteiger partial charge in [0, 0.05) is 13.0 Å². The van der Waals surface area contributed by atoms with Crippen molar-refractivity contribution in [2.75, 3.05) is 6.54 Å². The van der Waals surface area contributed by atoms with Crippen molar-refractivity contribution in [3.05, 3.63) is 59.7 Å². The Morgan fingerprint density at radius 2 is 1.67 bits per heavy atom. The fraction of sp³-hybridized carbons (Fsp3) is 0.467. The van der Waals surface area contributed by atoms with Crippen molar-refractivity contribution in [3.63, 3.8) is 0 Å². The van der Waals surface area contributed by atoms with Crippen LogP contribution < -0.4 is 16.1 Å². The van der Waals surface area contributed by atoms with Crippen LogP contribution in [0.1, 0.15) is 64.2 Å². The molecule has 0 aliphatic carbocycles. The van der Waals surface area contributed by atoms with Crippen molar-refractivity contribution in [1.29, 1.82) is 0 Å². The van der Waals surface area contributed by atoms with Crippen LogP contribution in [0.15, 0.2) is 48.5 Å². The fourth-order valence-corrected chi connectivity index (χ4v) is 4.91. The van der Waals surface area contributed by atoms with Crippen molar-refractivity contribution in [3.8, 4) is 11.1 Å². The predicted molar refractivity (Wildman–Crippen MR) is 147 cm³/mol. The Hall–Kier alpha value is -3.72. The Bertz CT molecular complexity index is 1210. The number of nitrogens with zero attached hydrogens (tertiary/aromatic N) is 1. The zero-order valence-electron chi connectivity index (χ0n) is 23.0. The molecule has 39 heavy (non-hydrogen) atoms. The first-order valence-corrected chi connectivity index (χ1v) is 13.7. The van der Waals surface area contributed by atoms with Crippen LogP contribution in [0.3, 0.4) is 0 Å². The maximum absolute atomic E-state index is 13.1. The molecule has 1 fully saturated rings. The van der Waals surface area contributed by atoms with E-state index in [1.54, 1.807) is 6.92 Å². The monoisotopic (exact) mass is 534 g/mol. The van der Waals surface area contributed by atoms with Gasteiger partial charge in [0.1, 0.15) is 24.2 Å². The van der Waals surface area contributed by atoms with Gasteiger partial charge in [-0.1, -0.05) is 56.3 Å². The normalized spacial score (nSPS) is 25.3. The Labute approximate surface area is 229 Å². The number of carbonyl (C=O) groups is 4. The van der Waals surface area contributed by atoms with E-state index in [0.29, 0.717) is 25.8 Å². The quantitative estimate of drug-likeness (QED) is 0.485. The van der Waals surface area contributed by atoms with Gasteiger partial charge in [-0.15, -0.1) is 0 Å². The number of esters is 1. The van der Waals surface area contributed by atoms with Crippen molar-refractivity contribution < 1.29 is 23.9 Å². The molecule has 1 saturated heterocycles. The number of hydrazine groups is 1. The summed E-state index contributed by atoms with van der Waals surface area (Å²) in [6.45, 7) is 7.53. The number of hydrogen-bond donors (Lipinski definition) is 3. The van der Waals surface area contributed by atoms with Gasteiger partial charge in [0.2, 0.25) is 11.8 Å². The number of hydrogen-bond acceptors (Lipinski definition) is 6. The number of fused-ring (bicyclic) bond motifs is 12. The van der Waals surface area contributed by atoms with E-state index in [1.165, 1.54) is 5.01 Å². The highest BCUT2D eigenvalue weighted by Gasteiger charge is 2.33. The van der Waals surface area contributed by atoms with Crippen molar-refractivity contribution in [2.45, 2.75) is 77.6 Å². The lowest BCUT2D eigenvalue weighted by Gasteiger charge is -2.35. The first-order valence-electron chi connectivity index (χ1n) is 13.7. The molecule has 9 nitrogen and oxygen atoms in total. The first-order chi connectivity index (χ1) is 18.6. The molecular weight excluding hydrogens is 496 g/mol. The zero-order valence-corrected chi connectivity index (χ0v) is 23.0. The average Bonchev–Trinajstić information content (AvgIpc) is 2.94. The van der Waals surface area contributed by atoms with Crippen LogP contribution in [0.4, 0.5) is 0 Å². The van der Waals surface area contributed by atoms with Crippen LogP contribution in [0.5, 0.6) is 0 Å². The number of amides is 3. The number of benzene rings is 2. The van der Waals surface area contributed by atoms with Gasteiger partial charge in [-0.3, -0.25) is 24.2 Å². The summed E-state index contributed by atoms with van der Waals surface area (Å²) in [4.78, 5) is 52.0. The maximum atomic E-state index is 13.1. The van der Waals surface area contributed by atoms with E-state index < -0.39 is 36.1 Å². The van der Waals surface area contributed by atoms with Crippen LogP contribution in [-0.2, 0) is 30.3 Å². The molecule has 4 atom stereocenters. The topological polar surface area (TPSA) is 117 Å².